The van der Waals surface area contributed by atoms with Gasteiger partial charge in [-0.05, 0) is 49.1 Å². The summed E-state index contributed by atoms with van der Waals surface area (Å²) < 4.78 is 0. The van der Waals surface area contributed by atoms with E-state index in [4.69, 9.17) is 0 Å². The number of thioether (sulfide) groups is 1. The number of benzene rings is 1. The third-order valence-corrected chi connectivity index (χ3v) is 4.95. The van der Waals surface area contributed by atoms with E-state index in [1.807, 2.05) is 0 Å². The van der Waals surface area contributed by atoms with Gasteiger partial charge in [0.05, 0.1) is 0 Å². The van der Waals surface area contributed by atoms with Gasteiger partial charge in [0.2, 0.25) is 0 Å². The average Bonchev–Trinajstić information content (AvgIpc) is 2.32. The van der Waals surface area contributed by atoms with Crippen molar-refractivity contribution in [1.82, 2.24) is 5.32 Å². The molecule has 0 amide bonds. The predicted molar refractivity (Wildman–Crippen MR) is 77.7 cm³/mol. The average molecular weight is 249 g/mol. The first-order valence-corrected chi connectivity index (χ1v) is 7.64. The Bertz CT molecular complexity index is 400. The minimum atomic E-state index is 0.531. The molecule has 17 heavy (non-hydrogen) atoms. The van der Waals surface area contributed by atoms with Crippen LogP contribution in [0.25, 0.3) is 0 Å². The van der Waals surface area contributed by atoms with E-state index in [1.54, 1.807) is 11.1 Å². The van der Waals surface area contributed by atoms with Gasteiger partial charge in [-0.25, -0.2) is 0 Å². The van der Waals surface area contributed by atoms with Gasteiger partial charge in [-0.1, -0.05) is 26.0 Å². The lowest BCUT2D eigenvalue weighted by molar-refractivity contribution is 0.518. The maximum absolute atomic E-state index is 3.72. The summed E-state index contributed by atoms with van der Waals surface area (Å²) in [6.07, 6.45) is 1.20. The Kier molecular flexibility index (Phi) is 4.16. The second-order valence-corrected chi connectivity index (χ2v) is 6.41. The molecule has 1 N–H and O–H groups in total. The van der Waals surface area contributed by atoms with Crippen LogP contribution >= 0.6 is 11.8 Å². The quantitative estimate of drug-likeness (QED) is 0.869. The van der Waals surface area contributed by atoms with Gasteiger partial charge in [-0.2, -0.15) is 11.8 Å². The Labute approximate surface area is 109 Å². The van der Waals surface area contributed by atoms with Crippen molar-refractivity contribution in [2.24, 2.45) is 0 Å². The summed E-state index contributed by atoms with van der Waals surface area (Å²) >= 11 is 2.08. The van der Waals surface area contributed by atoms with E-state index in [0.29, 0.717) is 11.3 Å². The van der Waals surface area contributed by atoms with Gasteiger partial charge in [-0.15, -0.1) is 0 Å². The number of rotatable bonds is 3. The molecule has 1 nitrogen and oxygen atoms in total. The Morgan fingerprint density at radius 3 is 2.71 bits per heavy atom. The van der Waals surface area contributed by atoms with Crippen molar-refractivity contribution in [3.8, 4) is 0 Å². The first kappa shape index (κ1) is 13.0. The highest BCUT2D eigenvalue weighted by Crippen LogP contribution is 2.40. The van der Waals surface area contributed by atoms with Crippen molar-refractivity contribution in [2.75, 3.05) is 6.54 Å². The lowest BCUT2D eigenvalue weighted by atomic mass is 9.91. The van der Waals surface area contributed by atoms with Crippen molar-refractivity contribution < 1.29 is 0 Å². The monoisotopic (exact) mass is 249 g/mol. The summed E-state index contributed by atoms with van der Waals surface area (Å²) in [6, 6.07) is 5.07. The molecule has 0 radical (unpaired) electrons. The molecule has 1 aromatic rings. The van der Waals surface area contributed by atoms with Crippen LogP contribution in [-0.2, 0) is 5.75 Å². The smallest absolute Gasteiger partial charge is 0.0443 e. The molecule has 2 rings (SSSR count). The lowest BCUT2D eigenvalue weighted by Crippen LogP contribution is -2.33. The van der Waals surface area contributed by atoms with Crippen molar-refractivity contribution in [3.63, 3.8) is 0 Å². The van der Waals surface area contributed by atoms with Gasteiger partial charge in [-0.3, -0.25) is 0 Å². The molecule has 2 unspecified atom stereocenters. The van der Waals surface area contributed by atoms with Gasteiger partial charge >= 0.3 is 0 Å². The van der Waals surface area contributed by atoms with E-state index >= 15 is 0 Å². The van der Waals surface area contributed by atoms with E-state index in [1.165, 1.54) is 23.3 Å². The van der Waals surface area contributed by atoms with E-state index in [9.17, 15) is 0 Å². The SMILES string of the molecule is CCCNC1c2c(C)ccc(C)c2CSC1C. The van der Waals surface area contributed by atoms with Crippen LogP contribution in [0.1, 0.15) is 48.6 Å². The van der Waals surface area contributed by atoms with Crippen LogP contribution < -0.4 is 5.32 Å². The molecule has 1 aliphatic heterocycles. The molecule has 1 heterocycles. The van der Waals surface area contributed by atoms with Gasteiger partial charge in [0.25, 0.3) is 0 Å². The number of fused-ring (bicyclic) bond motifs is 1. The molecule has 0 aliphatic carbocycles. The van der Waals surface area contributed by atoms with Gasteiger partial charge in [0.1, 0.15) is 0 Å². The zero-order valence-electron chi connectivity index (χ0n) is 11.3. The highest BCUT2D eigenvalue weighted by molar-refractivity contribution is 7.99. The topological polar surface area (TPSA) is 12.0 Å². The van der Waals surface area contributed by atoms with E-state index < -0.39 is 0 Å². The normalized spacial score (nSPS) is 23.5. The molecule has 0 saturated carbocycles. The second-order valence-electron chi connectivity index (χ2n) is 5.04. The molecule has 0 spiro atoms. The summed E-state index contributed by atoms with van der Waals surface area (Å²) in [7, 11) is 0. The van der Waals surface area contributed by atoms with Crippen LogP contribution in [0.2, 0.25) is 0 Å². The molecular formula is C15H23NS. The van der Waals surface area contributed by atoms with Gasteiger partial charge < -0.3 is 5.32 Å². The predicted octanol–water partition coefficient (Wildman–Crippen LogP) is 3.98. The van der Waals surface area contributed by atoms with Crippen LogP contribution in [0.15, 0.2) is 12.1 Å². The fourth-order valence-electron chi connectivity index (χ4n) is 2.63. The maximum Gasteiger partial charge on any atom is 0.0443 e. The molecule has 0 saturated heterocycles. The lowest BCUT2D eigenvalue weighted by Gasteiger charge is -2.34. The van der Waals surface area contributed by atoms with Crippen LogP contribution in [0.3, 0.4) is 0 Å². The zero-order valence-corrected chi connectivity index (χ0v) is 12.2. The summed E-state index contributed by atoms with van der Waals surface area (Å²) in [5, 5.41) is 4.40. The van der Waals surface area contributed by atoms with Crippen LogP contribution in [0, 0.1) is 13.8 Å². The fourth-order valence-corrected chi connectivity index (χ4v) is 3.87. The summed E-state index contributed by atoms with van der Waals surface area (Å²) in [5.74, 6) is 1.17. The highest BCUT2D eigenvalue weighted by atomic mass is 32.2. The molecule has 1 aromatic carbocycles. The zero-order chi connectivity index (χ0) is 12.4. The van der Waals surface area contributed by atoms with E-state index in [-0.39, 0.29) is 0 Å². The standard InChI is InChI=1S/C15H23NS/c1-5-8-16-15-12(4)17-9-13-10(2)6-7-11(3)14(13)15/h6-7,12,15-16H,5,8-9H2,1-4H3. The fraction of sp³-hybridized carbons (Fsp3) is 0.600. The maximum atomic E-state index is 3.72. The first-order chi connectivity index (χ1) is 8.15. The largest absolute Gasteiger partial charge is 0.309 e. The van der Waals surface area contributed by atoms with Crippen molar-refractivity contribution in [3.05, 3.63) is 34.4 Å². The van der Waals surface area contributed by atoms with Crippen molar-refractivity contribution in [2.45, 2.75) is 51.2 Å². The molecule has 1 aliphatic rings. The highest BCUT2D eigenvalue weighted by Gasteiger charge is 2.28. The molecular weight excluding hydrogens is 226 g/mol. The Morgan fingerprint density at radius 2 is 2.00 bits per heavy atom. The Hall–Kier alpha value is -0.470. The van der Waals surface area contributed by atoms with Crippen molar-refractivity contribution in [1.29, 1.82) is 0 Å². The van der Waals surface area contributed by atoms with Gasteiger partial charge in [0.15, 0.2) is 0 Å². The number of hydrogen-bond donors (Lipinski definition) is 1. The number of aryl methyl sites for hydroxylation is 2. The summed E-state index contributed by atoms with van der Waals surface area (Å²) in [5.41, 5.74) is 6.05. The molecule has 0 fully saturated rings. The van der Waals surface area contributed by atoms with E-state index in [2.05, 4.69) is 56.9 Å². The van der Waals surface area contributed by atoms with Crippen LogP contribution in [0.5, 0.6) is 0 Å². The number of nitrogens with one attached hydrogen (secondary N) is 1. The first-order valence-electron chi connectivity index (χ1n) is 6.59. The second kappa shape index (κ2) is 5.45. The minimum Gasteiger partial charge on any atom is -0.309 e. The van der Waals surface area contributed by atoms with Crippen molar-refractivity contribution >= 4 is 11.8 Å². The third-order valence-electron chi connectivity index (χ3n) is 3.69. The van der Waals surface area contributed by atoms with Crippen LogP contribution in [0.4, 0.5) is 0 Å². The Morgan fingerprint density at radius 1 is 1.29 bits per heavy atom. The van der Waals surface area contributed by atoms with Crippen LogP contribution in [-0.4, -0.2) is 11.8 Å². The summed E-state index contributed by atoms with van der Waals surface area (Å²) in [4.78, 5) is 0. The van der Waals surface area contributed by atoms with E-state index in [0.717, 1.165) is 6.54 Å². The summed E-state index contributed by atoms with van der Waals surface area (Å²) in [6.45, 7) is 10.2. The minimum absolute atomic E-state index is 0.531. The molecule has 0 bridgehead atoms. The molecule has 2 heteroatoms. The third kappa shape index (κ3) is 2.53. The molecule has 0 aromatic heterocycles. The molecule has 94 valence electrons. The molecule has 2 atom stereocenters. The van der Waals surface area contributed by atoms with Gasteiger partial charge in [0, 0.05) is 17.0 Å². The Balaban J connectivity index is 2.39. The number of hydrogen-bond acceptors (Lipinski definition) is 2.